The quantitative estimate of drug-likeness (QED) is 0.749. The normalized spacial score (nSPS) is 13.8. The average Bonchev–Trinajstić information content (AvgIpc) is 3.43. The van der Waals surface area contributed by atoms with Gasteiger partial charge in [-0.1, -0.05) is 42.5 Å². The van der Waals surface area contributed by atoms with E-state index in [-0.39, 0.29) is 6.61 Å². The van der Waals surface area contributed by atoms with Crippen LogP contribution in [0.5, 0.6) is 5.75 Å². The molecule has 4 rings (SSSR count). The van der Waals surface area contributed by atoms with Crippen molar-refractivity contribution in [2.45, 2.75) is 25.3 Å². The fourth-order valence-electron chi connectivity index (χ4n) is 3.02. The number of hydrogen-bond acceptors (Lipinski definition) is 4. The molecular weight excluding hydrogens is 314 g/mol. The molecule has 0 bridgehead atoms. The molecule has 128 valence electrons. The van der Waals surface area contributed by atoms with Gasteiger partial charge < -0.3 is 9.84 Å². The molecule has 1 saturated carbocycles. The maximum Gasteiger partial charge on any atom is 0.158 e. The first kappa shape index (κ1) is 15.8. The molecule has 3 aromatic rings. The second-order valence-electron chi connectivity index (χ2n) is 6.29. The minimum absolute atomic E-state index is 0.0553. The zero-order chi connectivity index (χ0) is 17.2. The Balaban J connectivity index is 1.68. The van der Waals surface area contributed by atoms with Crippen molar-refractivity contribution in [3.8, 4) is 28.3 Å². The van der Waals surface area contributed by atoms with Gasteiger partial charge in [0.05, 0.1) is 20.3 Å². The molecule has 0 saturated heterocycles. The highest BCUT2D eigenvalue weighted by molar-refractivity contribution is 5.72. The summed E-state index contributed by atoms with van der Waals surface area (Å²) in [5.41, 5.74) is 3.16. The summed E-state index contributed by atoms with van der Waals surface area (Å²) in [7, 11) is 1.68. The largest absolute Gasteiger partial charge is 0.496 e. The zero-order valence-electron chi connectivity index (χ0n) is 14.2. The number of nitrogens with zero attached hydrogens (tertiary/aromatic N) is 3. The number of aliphatic hydroxyl groups excluding tert-OH is 1. The number of hydrogen-bond donors (Lipinski definition) is 1. The SMILES string of the molecule is COc1ccccc1-c1ccc(-c2nc(C3CC3)nn2CCO)cc1. The minimum Gasteiger partial charge on any atom is -0.496 e. The Morgan fingerprint density at radius 1 is 1.08 bits per heavy atom. The third kappa shape index (κ3) is 3.15. The first-order valence-electron chi connectivity index (χ1n) is 8.59. The van der Waals surface area contributed by atoms with Crippen LogP contribution in [-0.2, 0) is 6.54 Å². The van der Waals surface area contributed by atoms with Gasteiger partial charge in [-0.2, -0.15) is 5.10 Å². The summed E-state index contributed by atoms with van der Waals surface area (Å²) >= 11 is 0. The summed E-state index contributed by atoms with van der Waals surface area (Å²) in [5, 5.41) is 13.9. The Hall–Kier alpha value is -2.66. The van der Waals surface area contributed by atoms with Crippen LogP contribution in [0.25, 0.3) is 22.5 Å². The lowest BCUT2D eigenvalue weighted by atomic mass is 10.0. The first-order valence-corrected chi connectivity index (χ1v) is 8.59. The van der Waals surface area contributed by atoms with Gasteiger partial charge in [0, 0.05) is 17.0 Å². The molecule has 2 aromatic carbocycles. The summed E-state index contributed by atoms with van der Waals surface area (Å²) in [6.45, 7) is 0.517. The van der Waals surface area contributed by atoms with E-state index in [0.29, 0.717) is 12.5 Å². The highest BCUT2D eigenvalue weighted by Gasteiger charge is 2.29. The molecule has 1 aliphatic rings. The van der Waals surface area contributed by atoms with Crippen LogP contribution in [0.15, 0.2) is 48.5 Å². The molecule has 1 fully saturated rings. The Labute approximate surface area is 146 Å². The van der Waals surface area contributed by atoms with E-state index in [0.717, 1.165) is 46.9 Å². The van der Waals surface area contributed by atoms with Gasteiger partial charge in [-0.15, -0.1) is 0 Å². The lowest BCUT2D eigenvalue weighted by Crippen LogP contribution is -2.06. The Bertz CT molecular complexity index is 867. The summed E-state index contributed by atoms with van der Waals surface area (Å²) in [5.74, 6) is 3.07. The van der Waals surface area contributed by atoms with Gasteiger partial charge in [0.15, 0.2) is 11.6 Å². The topological polar surface area (TPSA) is 60.2 Å². The van der Waals surface area contributed by atoms with Crippen molar-refractivity contribution in [1.29, 1.82) is 0 Å². The van der Waals surface area contributed by atoms with Crippen LogP contribution in [-0.4, -0.2) is 33.6 Å². The maximum absolute atomic E-state index is 9.30. The second-order valence-corrected chi connectivity index (χ2v) is 6.29. The van der Waals surface area contributed by atoms with Gasteiger partial charge in [-0.3, -0.25) is 0 Å². The minimum atomic E-state index is 0.0553. The Morgan fingerprint density at radius 3 is 2.48 bits per heavy atom. The van der Waals surface area contributed by atoms with E-state index in [4.69, 9.17) is 9.72 Å². The molecule has 0 atom stereocenters. The third-order valence-electron chi connectivity index (χ3n) is 4.50. The van der Waals surface area contributed by atoms with Crippen LogP contribution in [0, 0.1) is 0 Å². The fourth-order valence-corrected chi connectivity index (χ4v) is 3.02. The average molecular weight is 335 g/mol. The van der Waals surface area contributed by atoms with Crippen molar-refractivity contribution in [2.75, 3.05) is 13.7 Å². The zero-order valence-corrected chi connectivity index (χ0v) is 14.2. The van der Waals surface area contributed by atoms with Gasteiger partial charge in [0.1, 0.15) is 5.75 Å². The van der Waals surface area contributed by atoms with Crippen LogP contribution in [0.4, 0.5) is 0 Å². The van der Waals surface area contributed by atoms with Crippen molar-refractivity contribution < 1.29 is 9.84 Å². The Morgan fingerprint density at radius 2 is 1.80 bits per heavy atom. The number of para-hydroxylation sites is 1. The first-order chi connectivity index (χ1) is 12.3. The van der Waals surface area contributed by atoms with Crippen molar-refractivity contribution in [3.63, 3.8) is 0 Å². The molecule has 0 radical (unpaired) electrons. The van der Waals surface area contributed by atoms with E-state index in [2.05, 4.69) is 29.4 Å². The Kier molecular flexibility index (Phi) is 4.24. The lowest BCUT2D eigenvalue weighted by Gasteiger charge is -2.09. The van der Waals surface area contributed by atoms with Crippen LogP contribution in [0.2, 0.25) is 0 Å². The summed E-state index contributed by atoms with van der Waals surface area (Å²) in [6.07, 6.45) is 2.32. The van der Waals surface area contributed by atoms with Crippen molar-refractivity contribution >= 4 is 0 Å². The van der Waals surface area contributed by atoms with Gasteiger partial charge in [0.25, 0.3) is 0 Å². The molecule has 5 nitrogen and oxygen atoms in total. The summed E-state index contributed by atoms with van der Waals surface area (Å²) in [4.78, 5) is 4.71. The van der Waals surface area contributed by atoms with E-state index in [1.165, 1.54) is 0 Å². The van der Waals surface area contributed by atoms with Crippen LogP contribution in [0.3, 0.4) is 0 Å². The molecule has 25 heavy (non-hydrogen) atoms. The molecule has 1 aliphatic carbocycles. The number of rotatable bonds is 6. The van der Waals surface area contributed by atoms with E-state index >= 15 is 0 Å². The monoisotopic (exact) mass is 335 g/mol. The van der Waals surface area contributed by atoms with Crippen LogP contribution >= 0.6 is 0 Å². The van der Waals surface area contributed by atoms with Crippen molar-refractivity contribution in [2.24, 2.45) is 0 Å². The number of aliphatic hydroxyl groups is 1. The van der Waals surface area contributed by atoms with Gasteiger partial charge in [-0.25, -0.2) is 9.67 Å². The second kappa shape index (κ2) is 6.69. The van der Waals surface area contributed by atoms with Crippen molar-refractivity contribution in [1.82, 2.24) is 14.8 Å². The molecule has 0 amide bonds. The molecule has 1 N–H and O–H groups in total. The summed E-state index contributed by atoms with van der Waals surface area (Å²) in [6, 6.07) is 16.2. The van der Waals surface area contributed by atoms with E-state index in [9.17, 15) is 5.11 Å². The summed E-state index contributed by atoms with van der Waals surface area (Å²) < 4.78 is 7.26. The van der Waals surface area contributed by atoms with Gasteiger partial charge in [0.2, 0.25) is 0 Å². The smallest absolute Gasteiger partial charge is 0.158 e. The van der Waals surface area contributed by atoms with Gasteiger partial charge >= 0.3 is 0 Å². The molecular formula is C20H21N3O2. The predicted molar refractivity (Wildman–Crippen MR) is 96.5 cm³/mol. The predicted octanol–water partition coefficient (Wildman–Crippen LogP) is 3.49. The van der Waals surface area contributed by atoms with Gasteiger partial charge in [-0.05, 0) is 24.5 Å². The number of ether oxygens (including phenoxy) is 1. The highest BCUT2D eigenvalue weighted by Crippen LogP contribution is 2.39. The molecule has 0 aliphatic heterocycles. The number of methoxy groups -OCH3 is 1. The van der Waals surface area contributed by atoms with E-state index < -0.39 is 0 Å². The fraction of sp³-hybridized carbons (Fsp3) is 0.300. The molecule has 0 unspecified atom stereocenters. The van der Waals surface area contributed by atoms with E-state index in [1.54, 1.807) is 7.11 Å². The van der Waals surface area contributed by atoms with Crippen LogP contribution in [0.1, 0.15) is 24.6 Å². The van der Waals surface area contributed by atoms with Crippen LogP contribution < -0.4 is 4.74 Å². The molecule has 1 aromatic heterocycles. The third-order valence-corrected chi connectivity index (χ3v) is 4.50. The maximum atomic E-state index is 9.30. The standard InChI is InChI=1S/C20H21N3O2/c1-25-18-5-3-2-4-17(18)14-6-10-16(11-7-14)20-21-19(15-8-9-15)22-23(20)12-13-24/h2-7,10-11,15,24H,8-9,12-13H2,1H3. The van der Waals surface area contributed by atoms with Crippen molar-refractivity contribution in [3.05, 3.63) is 54.4 Å². The molecule has 1 heterocycles. The highest BCUT2D eigenvalue weighted by atomic mass is 16.5. The number of aromatic nitrogens is 3. The lowest BCUT2D eigenvalue weighted by molar-refractivity contribution is 0.270. The molecule has 5 heteroatoms. The number of benzene rings is 2. The van der Waals surface area contributed by atoms with E-state index in [1.807, 2.05) is 28.9 Å². The molecule has 0 spiro atoms.